The molecular formula is C8H16BrNO2. The number of carbonyl (C=O) groups is 1. The van der Waals surface area contributed by atoms with E-state index >= 15 is 0 Å². The molecule has 0 aliphatic carbocycles. The Morgan fingerprint density at radius 1 is 1.50 bits per heavy atom. The minimum absolute atomic E-state index is 0. The molecule has 3 nitrogen and oxygen atoms in total. The predicted molar refractivity (Wildman–Crippen MR) is 54.6 cm³/mol. The molecule has 0 saturated carbocycles. The lowest BCUT2D eigenvalue weighted by Crippen LogP contribution is -2.06. The smallest absolute Gasteiger partial charge is 0.331 e. The van der Waals surface area contributed by atoms with Gasteiger partial charge in [0.2, 0.25) is 0 Å². The van der Waals surface area contributed by atoms with Crippen molar-refractivity contribution in [3.05, 3.63) is 11.1 Å². The van der Waals surface area contributed by atoms with Gasteiger partial charge >= 0.3 is 5.97 Å². The minimum atomic E-state index is -0.821. The van der Waals surface area contributed by atoms with Crippen molar-refractivity contribution >= 4 is 23.0 Å². The highest BCUT2D eigenvalue weighted by Gasteiger charge is 2.07. The van der Waals surface area contributed by atoms with Gasteiger partial charge in [0.15, 0.2) is 0 Å². The first-order chi connectivity index (χ1) is 5.13. The SMILES string of the molecule is Br.CCC(C(=O)O)=C(C)CCN. The quantitative estimate of drug-likeness (QED) is 0.733. The Kier molecular flexibility index (Phi) is 8.64. The number of hydrogen-bond donors (Lipinski definition) is 2. The monoisotopic (exact) mass is 237 g/mol. The van der Waals surface area contributed by atoms with Gasteiger partial charge in [-0.2, -0.15) is 0 Å². The van der Waals surface area contributed by atoms with Gasteiger partial charge in [-0.1, -0.05) is 12.5 Å². The maximum Gasteiger partial charge on any atom is 0.331 e. The van der Waals surface area contributed by atoms with E-state index in [0.29, 0.717) is 25.0 Å². The Hall–Kier alpha value is -0.350. The van der Waals surface area contributed by atoms with Crippen LogP contribution in [0.5, 0.6) is 0 Å². The second kappa shape index (κ2) is 7.31. The molecule has 0 bridgehead atoms. The first kappa shape index (κ1) is 14.2. The molecule has 0 spiro atoms. The third-order valence-electron chi connectivity index (χ3n) is 1.65. The van der Waals surface area contributed by atoms with Crippen LogP contribution in [0.2, 0.25) is 0 Å². The molecule has 0 aliphatic heterocycles. The predicted octanol–water partition coefficient (Wildman–Crippen LogP) is 1.72. The zero-order valence-electron chi connectivity index (χ0n) is 7.46. The summed E-state index contributed by atoms with van der Waals surface area (Å²) in [5, 5.41) is 8.67. The molecule has 0 fully saturated rings. The molecule has 0 aromatic carbocycles. The van der Waals surface area contributed by atoms with E-state index in [1.807, 2.05) is 13.8 Å². The van der Waals surface area contributed by atoms with Crippen molar-refractivity contribution < 1.29 is 9.90 Å². The number of halogens is 1. The lowest BCUT2D eigenvalue weighted by molar-refractivity contribution is -0.132. The molecule has 72 valence electrons. The summed E-state index contributed by atoms with van der Waals surface area (Å²) < 4.78 is 0. The van der Waals surface area contributed by atoms with Crippen LogP contribution in [0, 0.1) is 0 Å². The van der Waals surface area contributed by atoms with E-state index in [1.54, 1.807) is 0 Å². The second-order valence-electron chi connectivity index (χ2n) is 2.46. The lowest BCUT2D eigenvalue weighted by Gasteiger charge is -2.03. The third kappa shape index (κ3) is 4.51. The van der Waals surface area contributed by atoms with Gasteiger partial charge in [0.05, 0.1) is 0 Å². The van der Waals surface area contributed by atoms with E-state index in [-0.39, 0.29) is 17.0 Å². The summed E-state index contributed by atoms with van der Waals surface area (Å²) in [5.41, 5.74) is 6.68. The van der Waals surface area contributed by atoms with Gasteiger partial charge in [-0.05, 0) is 26.3 Å². The molecule has 0 amide bonds. The zero-order valence-corrected chi connectivity index (χ0v) is 9.18. The van der Waals surface area contributed by atoms with Crippen molar-refractivity contribution in [3.8, 4) is 0 Å². The van der Waals surface area contributed by atoms with E-state index in [0.717, 1.165) is 5.57 Å². The summed E-state index contributed by atoms with van der Waals surface area (Å²) in [4.78, 5) is 10.5. The fraction of sp³-hybridized carbons (Fsp3) is 0.625. The van der Waals surface area contributed by atoms with Crippen molar-refractivity contribution in [2.75, 3.05) is 6.54 Å². The van der Waals surface area contributed by atoms with E-state index in [1.165, 1.54) is 0 Å². The highest BCUT2D eigenvalue weighted by Crippen LogP contribution is 2.10. The molecule has 0 saturated heterocycles. The van der Waals surface area contributed by atoms with Crippen LogP contribution in [0.1, 0.15) is 26.7 Å². The number of carboxylic acids is 1. The van der Waals surface area contributed by atoms with Crippen molar-refractivity contribution in [2.24, 2.45) is 5.73 Å². The normalized spacial score (nSPS) is 11.6. The van der Waals surface area contributed by atoms with Gasteiger partial charge in [-0.25, -0.2) is 4.79 Å². The Morgan fingerprint density at radius 2 is 2.00 bits per heavy atom. The first-order valence-electron chi connectivity index (χ1n) is 3.75. The maximum absolute atomic E-state index is 10.5. The largest absolute Gasteiger partial charge is 0.478 e. The second-order valence-corrected chi connectivity index (χ2v) is 2.46. The molecule has 0 aromatic heterocycles. The van der Waals surface area contributed by atoms with Crippen LogP contribution in [0.15, 0.2) is 11.1 Å². The van der Waals surface area contributed by atoms with Crippen LogP contribution in [0.3, 0.4) is 0 Å². The third-order valence-corrected chi connectivity index (χ3v) is 1.65. The molecule has 0 aliphatic rings. The van der Waals surface area contributed by atoms with E-state index in [2.05, 4.69) is 0 Å². The number of nitrogens with two attached hydrogens (primary N) is 1. The van der Waals surface area contributed by atoms with Crippen molar-refractivity contribution in [1.82, 2.24) is 0 Å². The standard InChI is InChI=1S/C8H15NO2.BrH/c1-3-7(8(10)11)6(2)4-5-9;/h3-5,9H2,1-2H3,(H,10,11);1H. The van der Waals surface area contributed by atoms with Crippen LogP contribution in [0.25, 0.3) is 0 Å². The van der Waals surface area contributed by atoms with Crippen molar-refractivity contribution in [2.45, 2.75) is 26.7 Å². The van der Waals surface area contributed by atoms with Crippen LogP contribution < -0.4 is 5.73 Å². The van der Waals surface area contributed by atoms with Gasteiger partial charge in [0, 0.05) is 5.57 Å². The highest BCUT2D eigenvalue weighted by molar-refractivity contribution is 8.93. The fourth-order valence-corrected chi connectivity index (χ4v) is 1.00. The first-order valence-corrected chi connectivity index (χ1v) is 3.75. The molecule has 4 heteroatoms. The Bertz CT molecular complexity index is 178. The molecule has 3 N–H and O–H groups in total. The van der Waals surface area contributed by atoms with Crippen LogP contribution in [-0.4, -0.2) is 17.6 Å². The highest BCUT2D eigenvalue weighted by atomic mass is 79.9. The number of carboxylic acid groups (broad SMARTS) is 1. The average molecular weight is 238 g/mol. The average Bonchev–Trinajstić information content (AvgIpc) is 1.88. The summed E-state index contributed by atoms with van der Waals surface area (Å²) in [7, 11) is 0. The molecule has 12 heavy (non-hydrogen) atoms. The molecular weight excluding hydrogens is 222 g/mol. The van der Waals surface area contributed by atoms with E-state index < -0.39 is 5.97 Å². The Labute approximate surface area is 83.4 Å². The van der Waals surface area contributed by atoms with Crippen LogP contribution in [0.4, 0.5) is 0 Å². The number of rotatable bonds is 4. The molecule has 0 radical (unpaired) electrons. The van der Waals surface area contributed by atoms with Crippen molar-refractivity contribution in [1.29, 1.82) is 0 Å². The Morgan fingerprint density at radius 3 is 2.25 bits per heavy atom. The molecule has 0 heterocycles. The number of hydrogen-bond acceptors (Lipinski definition) is 2. The topological polar surface area (TPSA) is 63.3 Å². The van der Waals surface area contributed by atoms with E-state index in [4.69, 9.17) is 10.8 Å². The molecule has 0 rings (SSSR count). The van der Waals surface area contributed by atoms with Crippen molar-refractivity contribution in [3.63, 3.8) is 0 Å². The molecule has 0 atom stereocenters. The van der Waals surface area contributed by atoms with Crippen LogP contribution in [-0.2, 0) is 4.79 Å². The fourth-order valence-electron chi connectivity index (χ4n) is 1.00. The maximum atomic E-state index is 10.5. The zero-order chi connectivity index (χ0) is 8.85. The molecule has 0 unspecified atom stereocenters. The molecule has 0 aromatic rings. The summed E-state index contributed by atoms with van der Waals surface area (Å²) in [5.74, 6) is -0.821. The number of aliphatic carboxylic acids is 1. The van der Waals surface area contributed by atoms with Gasteiger partial charge in [0.1, 0.15) is 0 Å². The van der Waals surface area contributed by atoms with Gasteiger partial charge in [-0.15, -0.1) is 17.0 Å². The minimum Gasteiger partial charge on any atom is -0.478 e. The van der Waals surface area contributed by atoms with Gasteiger partial charge < -0.3 is 10.8 Å². The van der Waals surface area contributed by atoms with Gasteiger partial charge in [-0.3, -0.25) is 0 Å². The van der Waals surface area contributed by atoms with Gasteiger partial charge in [0.25, 0.3) is 0 Å². The summed E-state index contributed by atoms with van der Waals surface area (Å²) in [6, 6.07) is 0. The summed E-state index contributed by atoms with van der Waals surface area (Å²) in [6.45, 7) is 4.17. The summed E-state index contributed by atoms with van der Waals surface area (Å²) in [6.07, 6.45) is 1.25. The lowest BCUT2D eigenvalue weighted by atomic mass is 10.1. The Balaban J connectivity index is 0. The summed E-state index contributed by atoms with van der Waals surface area (Å²) >= 11 is 0. The van der Waals surface area contributed by atoms with Crippen LogP contribution >= 0.6 is 17.0 Å². The van der Waals surface area contributed by atoms with E-state index in [9.17, 15) is 4.79 Å².